The van der Waals surface area contributed by atoms with Crippen LogP contribution in [0.1, 0.15) is 18.4 Å². The van der Waals surface area contributed by atoms with Gasteiger partial charge in [-0.05, 0) is 40.5 Å². The van der Waals surface area contributed by atoms with Crippen LogP contribution in [0.3, 0.4) is 0 Å². The van der Waals surface area contributed by atoms with Gasteiger partial charge >= 0.3 is 0 Å². The van der Waals surface area contributed by atoms with E-state index in [0.717, 1.165) is 15.8 Å². The van der Waals surface area contributed by atoms with Crippen LogP contribution in [0.5, 0.6) is 5.75 Å². The molecule has 0 saturated carbocycles. The summed E-state index contributed by atoms with van der Waals surface area (Å²) in [5.41, 5.74) is 6.56. The molecule has 0 aliphatic heterocycles. The van der Waals surface area contributed by atoms with E-state index < -0.39 is 0 Å². The Balaban J connectivity index is 2.36. The number of carbonyl (C=O) groups excluding carboxylic acids is 1. The Hall–Kier alpha value is -1.14. The third-order valence-corrected chi connectivity index (χ3v) is 3.60. The van der Waals surface area contributed by atoms with Crippen LogP contribution in [0.25, 0.3) is 0 Å². The molecule has 0 radical (unpaired) electrons. The highest BCUT2D eigenvalue weighted by Crippen LogP contribution is 2.25. The van der Waals surface area contributed by atoms with Gasteiger partial charge in [-0.15, -0.1) is 0 Å². The number of aryl methyl sites for hydroxylation is 1. The Labute approximate surface area is 133 Å². The lowest BCUT2D eigenvalue weighted by atomic mass is 10.2. The number of carbonyl (C=O) groups is 1. The van der Waals surface area contributed by atoms with Crippen LogP contribution in [0.2, 0.25) is 0 Å². The smallest absolute Gasteiger partial charge is 0.225 e. The molecule has 0 heterocycles. The Bertz CT molecular complexity index is 494. The SMILES string of the molecule is Cc1ccc(OCCC(=O)N(C)CCC(N)=S)c(Br)c1. The molecular formula is C14H19BrN2O2S. The Morgan fingerprint density at radius 1 is 1.45 bits per heavy atom. The van der Waals surface area contributed by atoms with Gasteiger partial charge < -0.3 is 15.4 Å². The molecule has 0 unspecified atom stereocenters. The van der Waals surface area contributed by atoms with Crippen LogP contribution in [-0.4, -0.2) is 36.0 Å². The largest absolute Gasteiger partial charge is 0.492 e. The van der Waals surface area contributed by atoms with Crippen LogP contribution in [0, 0.1) is 6.92 Å². The number of hydrogen-bond acceptors (Lipinski definition) is 3. The van der Waals surface area contributed by atoms with Crippen molar-refractivity contribution in [1.82, 2.24) is 4.90 Å². The molecule has 0 saturated heterocycles. The monoisotopic (exact) mass is 358 g/mol. The maximum absolute atomic E-state index is 11.8. The van der Waals surface area contributed by atoms with E-state index in [1.54, 1.807) is 11.9 Å². The first kappa shape index (κ1) is 16.9. The summed E-state index contributed by atoms with van der Waals surface area (Å²) < 4.78 is 6.49. The van der Waals surface area contributed by atoms with E-state index in [1.807, 2.05) is 25.1 Å². The summed E-state index contributed by atoms with van der Waals surface area (Å²) in [4.78, 5) is 13.9. The zero-order chi connectivity index (χ0) is 15.1. The Morgan fingerprint density at radius 3 is 2.75 bits per heavy atom. The number of rotatable bonds is 7. The van der Waals surface area contributed by atoms with Crippen LogP contribution in [-0.2, 0) is 4.79 Å². The molecule has 0 fully saturated rings. The summed E-state index contributed by atoms with van der Waals surface area (Å²) in [6, 6.07) is 5.84. The van der Waals surface area contributed by atoms with Crippen molar-refractivity contribution in [2.75, 3.05) is 20.2 Å². The lowest BCUT2D eigenvalue weighted by Crippen LogP contribution is -2.30. The molecule has 0 aromatic heterocycles. The number of halogens is 1. The topological polar surface area (TPSA) is 55.6 Å². The molecule has 1 aromatic carbocycles. The standard InChI is InChI=1S/C14H19BrN2O2S/c1-10-3-4-12(11(15)9-10)19-8-6-14(18)17(2)7-5-13(16)20/h3-4,9H,5-8H2,1-2H3,(H2,16,20). The minimum absolute atomic E-state index is 0.0180. The van der Waals surface area contributed by atoms with E-state index in [9.17, 15) is 4.79 Å². The zero-order valence-electron chi connectivity index (χ0n) is 11.7. The molecule has 6 heteroatoms. The summed E-state index contributed by atoms with van der Waals surface area (Å²) in [6.07, 6.45) is 0.871. The quantitative estimate of drug-likeness (QED) is 0.761. The van der Waals surface area contributed by atoms with Crippen molar-refractivity contribution in [3.63, 3.8) is 0 Å². The molecule has 1 rings (SSSR count). The predicted molar refractivity (Wildman–Crippen MR) is 88.0 cm³/mol. The van der Waals surface area contributed by atoms with Crippen LogP contribution < -0.4 is 10.5 Å². The van der Waals surface area contributed by atoms with E-state index in [2.05, 4.69) is 15.9 Å². The highest BCUT2D eigenvalue weighted by atomic mass is 79.9. The number of ether oxygens (including phenoxy) is 1. The molecule has 0 aliphatic carbocycles. The maximum Gasteiger partial charge on any atom is 0.225 e. The minimum Gasteiger partial charge on any atom is -0.492 e. The Kier molecular flexibility index (Phi) is 6.95. The van der Waals surface area contributed by atoms with Crippen molar-refractivity contribution in [1.29, 1.82) is 0 Å². The van der Waals surface area contributed by atoms with Crippen molar-refractivity contribution >= 4 is 39.0 Å². The first-order valence-electron chi connectivity index (χ1n) is 6.31. The van der Waals surface area contributed by atoms with E-state index in [0.29, 0.717) is 31.0 Å². The number of benzene rings is 1. The van der Waals surface area contributed by atoms with E-state index in [1.165, 1.54) is 0 Å². The van der Waals surface area contributed by atoms with Gasteiger partial charge in [-0.2, -0.15) is 0 Å². The summed E-state index contributed by atoms with van der Waals surface area (Å²) in [5, 5.41) is 0. The van der Waals surface area contributed by atoms with Crippen molar-refractivity contribution in [2.45, 2.75) is 19.8 Å². The van der Waals surface area contributed by atoms with E-state index in [-0.39, 0.29) is 5.91 Å². The average molecular weight is 359 g/mol. The molecular weight excluding hydrogens is 340 g/mol. The van der Waals surface area contributed by atoms with Gasteiger partial charge in [-0.25, -0.2) is 0 Å². The van der Waals surface area contributed by atoms with Crippen molar-refractivity contribution in [3.8, 4) is 5.75 Å². The van der Waals surface area contributed by atoms with E-state index >= 15 is 0 Å². The number of amides is 1. The van der Waals surface area contributed by atoms with Crippen molar-refractivity contribution < 1.29 is 9.53 Å². The van der Waals surface area contributed by atoms with Gasteiger partial charge in [0, 0.05) is 20.0 Å². The van der Waals surface area contributed by atoms with Crippen LogP contribution in [0.15, 0.2) is 22.7 Å². The molecule has 110 valence electrons. The second-order valence-corrected chi connectivity index (χ2v) is 5.94. The number of thiocarbonyl (C=S) groups is 1. The molecule has 1 aromatic rings. The molecule has 0 bridgehead atoms. The minimum atomic E-state index is 0.0180. The van der Waals surface area contributed by atoms with Gasteiger partial charge in [0.05, 0.1) is 22.5 Å². The van der Waals surface area contributed by atoms with Crippen LogP contribution >= 0.6 is 28.1 Å². The highest BCUT2D eigenvalue weighted by Gasteiger charge is 2.09. The lowest BCUT2D eigenvalue weighted by Gasteiger charge is -2.17. The van der Waals surface area contributed by atoms with Gasteiger partial charge in [-0.3, -0.25) is 4.79 Å². The second-order valence-electron chi connectivity index (χ2n) is 4.56. The molecule has 0 spiro atoms. The molecule has 0 atom stereocenters. The fourth-order valence-corrected chi connectivity index (χ4v) is 2.26. The normalized spacial score (nSPS) is 10.2. The van der Waals surface area contributed by atoms with Crippen LogP contribution in [0.4, 0.5) is 0 Å². The van der Waals surface area contributed by atoms with E-state index in [4.69, 9.17) is 22.7 Å². The highest BCUT2D eigenvalue weighted by molar-refractivity contribution is 9.10. The maximum atomic E-state index is 11.8. The molecule has 1 amide bonds. The summed E-state index contributed by atoms with van der Waals surface area (Å²) in [7, 11) is 1.74. The fourth-order valence-electron chi connectivity index (χ4n) is 1.56. The number of nitrogens with zero attached hydrogens (tertiary/aromatic N) is 1. The molecule has 4 nitrogen and oxygen atoms in total. The number of nitrogens with two attached hydrogens (primary N) is 1. The summed E-state index contributed by atoms with van der Waals surface area (Å²) in [5.74, 6) is 0.763. The van der Waals surface area contributed by atoms with Crippen molar-refractivity contribution in [3.05, 3.63) is 28.2 Å². The molecule has 20 heavy (non-hydrogen) atoms. The zero-order valence-corrected chi connectivity index (χ0v) is 14.1. The Morgan fingerprint density at radius 2 is 2.15 bits per heavy atom. The third kappa shape index (κ3) is 5.88. The average Bonchev–Trinajstić information content (AvgIpc) is 2.38. The number of hydrogen-bond donors (Lipinski definition) is 1. The molecule has 2 N–H and O–H groups in total. The predicted octanol–water partition coefficient (Wildman–Crippen LogP) is 2.66. The van der Waals surface area contributed by atoms with Gasteiger partial charge in [0.1, 0.15) is 5.75 Å². The van der Waals surface area contributed by atoms with Crippen molar-refractivity contribution in [2.24, 2.45) is 5.73 Å². The lowest BCUT2D eigenvalue weighted by molar-refractivity contribution is -0.130. The first-order valence-corrected chi connectivity index (χ1v) is 7.51. The first-order chi connectivity index (χ1) is 9.40. The third-order valence-electron chi connectivity index (χ3n) is 2.78. The second kappa shape index (κ2) is 8.21. The summed E-state index contributed by atoms with van der Waals surface area (Å²) in [6.45, 7) is 2.90. The molecule has 0 aliphatic rings. The van der Waals surface area contributed by atoms with Gasteiger partial charge in [0.25, 0.3) is 0 Å². The van der Waals surface area contributed by atoms with Gasteiger partial charge in [0.15, 0.2) is 0 Å². The summed E-state index contributed by atoms with van der Waals surface area (Å²) >= 11 is 8.22. The van der Waals surface area contributed by atoms with Gasteiger partial charge in [-0.1, -0.05) is 18.3 Å². The fraction of sp³-hybridized carbons (Fsp3) is 0.429. The van der Waals surface area contributed by atoms with Gasteiger partial charge in [0.2, 0.25) is 5.91 Å².